The van der Waals surface area contributed by atoms with Crippen LogP contribution in [0, 0.1) is 0 Å². The van der Waals surface area contributed by atoms with Gasteiger partial charge in [-0.2, -0.15) is 0 Å². The fourth-order valence-electron chi connectivity index (χ4n) is 2.64. The quantitative estimate of drug-likeness (QED) is 0.234. The first kappa shape index (κ1) is 29.3. The van der Waals surface area contributed by atoms with Crippen molar-refractivity contribution in [2.75, 3.05) is 26.2 Å². The van der Waals surface area contributed by atoms with Crippen LogP contribution in [0.1, 0.15) is 79.1 Å². The summed E-state index contributed by atoms with van der Waals surface area (Å²) < 4.78 is 1.42. The normalized spacial score (nSPS) is 10.2. The zero-order valence-corrected chi connectivity index (χ0v) is 17.7. The van der Waals surface area contributed by atoms with Gasteiger partial charge in [-0.3, -0.25) is 0 Å². The molecule has 0 aromatic carbocycles. The number of hydrogen-bond donors (Lipinski definition) is 0. The molecule has 20 heavy (non-hydrogen) atoms. The maximum Gasteiger partial charge on any atom is 3.00 e. The third-order valence-corrected chi connectivity index (χ3v) is 3.94. The Balaban J connectivity index is -0.000000427. The van der Waals surface area contributed by atoms with Crippen LogP contribution in [0.4, 0.5) is 0 Å². The molecule has 0 bridgehead atoms. The van der Waals surface area contributed by atoms with E-state index in [2.05, 4.69) is 27.7 Å². The fourth-order valence-corrected chi connectivity index (χ4v) is 2.64. The van der Waals surface area contributed by atoms with Crippen molar-refractivity contribution in [3.63, 3.8) is 0 Å². The zero-order chi connectivity index (χ0) is 13.0. The van der Waals surface area contributed by atoms with E-state index in [0.717, 1.165) is 0 Å². The van der Waals surface area contributed by atoms with Gasteiger partial charge in [0.15, 0.2) is 0 Å². The van der Waals surface area contributed by atoms with Crippen LogP contribution in [0.25, 0.3) is 0 Å². The predicted molar refractivity (Wildman–Crippen MR) is 79.4 cm³/mol. The number of hydrogen-bond acceptors (Lipinski definition) is 0. The van der Waals surface area contributed by atoms with Gasteiger partial charge in [-0.1, -0.05) is 53.4 Å². The molecule has 4 heteroatoms. The summed E-state index contributed by atoms with van der Waals surface area (Å²) >= 11 is 0. The van der Waals surface area contributed by atoms with Crippen molar-refractivity contribution in [2.24, 2.45) is 0 Å². The first-order valence-electron chi connectivity index (χ1n) is 8.09. The Morgan fingerprint density at radius 3 is 0.850 bits per heavy atom. The molecule has 0 spiro atoms. The molecule has 0 aromatic rings. The van der Waals surface area contributed by atoms with E-state index in [1.807, 2.05) is 0 Å². The largest absolute Gasteiger partial charge is 3.00 e. The van der Waals surface area contributed by atoms with E-state index >= 15 is 0 Å². The summed E-state index contributed by atoms with van der Waals surface area (Å²) in [6, 6.07) is 0. The van der Waals surface area contributed by atoms with Gasteiger partial charge in [0, 0.05) is 0 Å². The number of halogens is 2. The van der Waals surface area contributed by atoms with Crippen LogP contribution >= 0.6 is 0 Å². The molecule has 0 aromatic heterocycles. The Morgan fingerprint density at radius 1 is 0.500 bits per heavy atom. The third kappa shape index (κ3) is 14.2. The van der Waals surface area contributed by atoms with E-state index in [9.17, 15) is 0 Å². The van der Waals surface area contributed by atoms with E-state index in [-0.39, 0.29) is 47.2 Å². The second kappa shape index (κ2) is 20.3. The Bertz CT molecular complexity index is 131. The molecule has 1 nitrogen and oxygen atoms in total. The maximum absolute atomic E-state index is 2.33. The predicted octanol–water partition coefficient (Wildman–Crippen LogP) is -0.991. The van der Waals surface area contributed by atoms with E-state index in [4.69, 9.17) is 0 Å². The minimum absolute atomic E-state index is 0. The summed E-state index contributed by atoms with van der Waals surface area (Å²) in [5.41, 5.74) is 0. The zero-order valence-electron chi connectivity index (χ0n) is 14.0. The summed E-state index contributed by atoms with van der Waals surface area (Å²) in [6.07, 6.45) is 11.1. The monoisotopic (exact) mass is 509 g/mol. The van der Waals surface area contributed by atoms with Crippen LogP contribution < -0.4 is 24.8 Å². The Kier molecular flexibility index (Phi) is 29.7. The minimum Gasteiger partial charge on any atom is -1.00 e. The van der Waals surface area contributed by atoms with Crippen LogP contribution in [0.5, 0.6) is 0 Å². The van der Waals surface area contributed by atoms with Gasteiger partial charge in [-0.25, -0.2) is 0 Å². The smallest absolute Gasteiger partial charge is 1.00 e. The standard InChI is InChI=1S/C16H36N.Au.2ClH/c1-5-9-13-17(14-10-6-2,15-11-7-3)16-12-8-4;;;/h5-16H2,1-4H3;;2*1H/q+1;+3;;/p-2. The molecule has 0 heterocycles. The van der Waals surface area contributed by atoms with Crippen molar-refractivity contribution < 1.29 is 51.7 Å². The van der Waals surface area contributed by atoms with E-state index in [1.54, 1.807) is 0 Å². The van der Waals surface area contributed by atoms with Crippen molar-refractivity contribution >= 4 is 0 Å². The van der Waals surface area contributed by atoms with Crippen molar-refractivity contribution in [2.45, 2.75) is 79.1 Å². The van der Waals surface area contributed by atoms with E-state index in [0.29, 0.717) is 0 Å². The van der Waals surface area contributed by atoms with Crippen molar-refractivity contribution in [3.8, 4) is 0 Å². The van der Waals surface area contributed by atoms with Crippen molar-refractivity contribution in [1.29, 1.82) is 0 Å². The molecular weight excluding hydrogens is 474 g/mol. The van der Waals surface area contributed by atoms with E-state index < -0.39 is 0 Å². The molecule has 0 radical (unpaired) electrons. The van der Waals surface area contributed by atoms with Gasteiger partial charge in [0.05, 0.1) is 26.2 Å². The first-order chi connectivity index (χ1) is 8.24. The van der Waals surface area contributed by atoms with Gasteiger partial charge < -0.3 is 29.3 Å². The van der Waals surface area contributed by atoms with Gasteiger partial charge in [-0.15, -0.1) is 0 Å². The molecule has 0 aliphatic rings. The van der Waals surface area contributed by atoms with Crippen LogP contribution in [-0.2, 0) is 22.4 Å². The van der Waals surface area contributed by atoms with Crippen molar-refractivity contribution in [1.82, 2.24) is 0 Å². The molecule has 0 rings (SSSR count). The molecule has 128 valence electrons. The summed E-state index contributed by atoms with van der Waals surface area (Å²) in [5, 5.41) is 0. The Hall–Kier alpha value is 1.28. The van der Waals surface area contributed by atoms with Gasteiger partial charge in [0.25, 0.3) is 0 Å². The van der Waals surface area contributed by atoms with Crippen LogP contribution in [0.3, 0.4) is 0 Å². The summed E-state index contributed by atoms with van der Waals surface area (Å²) in [4.78, 5) is 0. The minimum atomic E-state index is 0. The van der Waals surface area contributed by atoms with E-state index in [1.165, 1.54) is 82.0 Å². The summed E-state index contributed by atoms with van der Waals surface area (Å²) in [5.74, 6) is 0. The number of unbranched alkanes of at least 4 members (excludes halogenated alkanes) is 4. The molecule has 0 amide bonds. The van der Waals surface area contributed by atoms with Crippen molar-refractivity contribution in [3.05, 3.63) is 0 Å². The number of rotatable bonds is 12. The SMILES string of the molecule is CCCC[N+](CCCC)(CCCC)CCCC.[Au+3].[Cl-].[Cl-]. The van der Waals surface area contributed by atoms with Gasteiger partial charge >= 0.3 is 22.4 Å². The average Bonchev–Trinajstić information content (AvgIpc) is 2.37. The molecule has 0 saturated carbocycles. The first-order valence-corrected chi connectivity index (χ1v) is 8.09. The Labute approximate surface area is 156 Å². The second-order valence-corrected chi connectivity index (χ2v) is 5.65. The number of quaternary nitrogens is 1. The molecular formula is C16H36AuCl2N+2. The molecule has 0 saturated heterocycles. The van der Waals surface area contributed by atoms with Crippen LogP contribution in [-0.4, -0.2) is 30.7 Å². The van der Waals surface area contributed by atoms with Crippen LogP contribution in [0.15, 0.2) is 0 Å². The second-order valence-electron chi connectivity index (χ2n) is 5.65. The maximum atomic E-state index is 2.33. The molecule has 0 atom stereocenters. The third-order valence-electron chi connectivity index (χ3n) is 3.94. The number of nitrogens with zero attached hydrogens (tertiary/aromatic N) is 1. The Morgan fingerprint density at radius 2 is 0.700 bits per heavy atom. The van der Waals surface area contributed by atoms with Gasteiger partial charge in [-0.05, 0) is 25.7 Å². The molecule has 0 fully saturated rings. The topological polar surface area (TPSA) is 0 Å². The molecule has 0 aliphatic carbocycles. The molecule has 0 aliphatic heterocycles. The van der Waals surface area contributed by atoms with Gasteiger partial charge in [0.1, 0.15) is 0 Å². The molecule has 0 unspecified atom stereocenters. The van der Waals surface area contributed by atoms with Crippen LogP contribution in [0.2, 0.25) is 0 Å². The summed E-state index contributed by atoms with van der Waals surface area (Å²) in [6.45, 7) is 15.0. The summed E-state index contributed by atoms with van der Waals surface area (Å²) in [7, 11) is 0. The molecule has 0 N–H and O–H groups in total. The fraction of sp³-hybridized carbons (Fsp3) is 1.00. The average molecular weight is 510 g/mol. The van der Waals surface area contributed by atoms with Gasteiger partial charge in [0.2, 0.25) is 0 Å².